The Hall–Kier alpha value is -2.75. The van der Waals surface area contributed by atoms with Crippen LogP contribution < -0.4 is 4.74 Å². The first-order chi connectivity index (χ1) is 10.8. The van der Waals surface area contributed by atoms with Crippen molar-refractivity contribution in [3.8, 4) is 5.75 Å². The molecular weight excluding hydrogens is 278 g/mol. The number of rotatable bonds is 5. The monoisotopic (exact) mass is 295 g/mol. The highest BCUT2D eigenvalue weighted by Crippen LogP contribution is 2.27. The maximum Gasteiger partial charge on any atom is 0.311 e. The van der Waals surface area contributed by atoms with E-state index in [1.807, 2.05) is 54.6 Å². The number of methoxy groups -OCH3 is 1. The van der Waals surface area contributed by atoms with Gasteiger partial charge in [-0.15, -0.1) is 0 Å². The van der Waals surface area contributed by atoms with E-state index in [9.17, 15) is 4.79 Å². The van der Waals surface area contributed by atoms with Gasteiger partial charge in [-0.05, 0) is 23.8 Å². The molecule has 3 aromatic rings. The zero-order valence-electron chi connectivity index (χ0n) is 12.3. The van der Waals surface area contributed by atoms with Gasteiger partial charge in [0, 0.05) is 16.6 Å². The topological polar surface area (TPSA) is 51.3 Å². The van der Waals surface area contributed by atoms with Gasteiger partial charge in [0.25, 0.3) is 0 Å². The van der Waals surface area contributed by atoms with Crippen LogP contribution in [0.2, 0.25) is 0 Å². The van der Waals surface area contributed by atoms with Crippen LogP contribution in [-0.2, 0) is 22.6 Å². The molecule has 0 spiro atoms. The molecule has 0 aliphatic carbocycles. The zero-order valence-corrected chi connectivity index (χ0v) is 12.3. The Morgan fingerprint density at radius 2 is 1.91 bits per heavy atom. The van der Waals surface area contributed by atoms with Crippen LogP contribution in [0.5, 0.6) is 5.75 Å². The molecular formula is C18H17NO3. The third-order valence-corrected chi connectivity index (χ3v) is 3.48. The Labute approximate surface area is 128 Å². The van der Waals surface area contributed by atoms with Gasteiger partial charge in [-0.25, -0.2) is 0 Å². The van der Waals surface area contributed by atoms with Crippen molar-refractivity contribution in [1.82, 2.24) is 4.98 Å². The summed E-state index contributed by atoms with van der Waals surface area (Å²) in [5.74, 6) is 0.534. The lowest BCUT2D eigenvalue weighted by atomic mass is 10.2. The van der Waals surface area contributed by atoms with Crippen LogP contribution in [-0.4, -0.2) is 18.1 Å². The second-order valence-electron chi connectivity index (χ2n) is 5.04. The quantitative estimate of drug-likeness (QED) is 0.733. The molecule has 3 rings (SSSR count). The number of hydrogen-bond donors (Lipinski definition) is 1. The van der Waals surface area contributed by atoms with Crippen LogP contribution in [0.3, 0.4) is 0 Å². The van der Waals surface area contributed by atoms with Gasteiger partial charge in [0.05, 0.1) is 13.5 Å². The second-order valence-corrected chi connectivity index (χ2v) is 5.04. The van der Waals surface area contributed by atoms with Crippen LogP contribution in [0, 0.1) is 0 Å². The highest BCUT2D eigenvalue weighted by molar-refractivity contribution is 5.87. The molecule has 2 aromatic carbocycles. The minimum atomic E-state index is -0.265. The van der Waals surface area contributed by atoms with Gasteiger partial charge in [-0.1, -0.05) is 36.4 Å². The number of esters is 1. The van der Waals surface area contributed by atoms with Crippen molar-refractivity contribution >= 4 is 16.9 Å². The molecule has 0 atom stereocenters. The van der Waals surface area contributed by atoms with Gasteiger partial charge >= 0.3 is 5.97 Å². The van der Waals surface area contributed by atoms with Crippen LogP contribution in [0.1, 0.15) is 11.3 Å². The van der Waals surface area contributed by atoms with E-state index in [4.69, 9.17) is 9.47 Å². The number of carbonyl (C=O) groups excluding carboxylic acids is 1. The molecule has 4 heteroatoms. The molecule has 0 aliphatic heterocycles. The van der Waals surface area contributed by atoms with Gasteiger partial charge in [0.1, 0.15) is 12.4 Å². The van der Waals surface area contributed by atoms with Crippen molar-refractivity contribution in [1.29, 1.82) is 0 Å². The van der Waals surface area contributed by atoms with E-state index in [1.165, 1.54) is 7.11 Å². The molecule has 22 heavy (non-hydrogen) atoms. The predicted molar refractivity (Wildman–Crippen MR) is 84.8 cm³/mol. The Morgan fingerprint density at radius 1 is 1.09 bits per heavy atom. The molecule has 0 bridgehead atoms. The number of hydrogen-bond acceptors (Lipinski definition) is 3. The number of fused-ring (bicyclic) bond motifs is 1. The number of nitrogens with one attached hydrogen (secondary N) is 1. The summed E-state index contributed by atoms with van der Waals surface area (Å²) in [6.45, 7) is 0.511. The van der Waals surface area contributed by atoms with Crippen molar-refractivity contribution in [2.75, 3.05) is 7.11 Å². The fraction of sp³-hybridized carbons (Fsp3) is 0.167. The first-order valence-corrected chi connectivity index (χ1v) is 7.10. The number of aromatic amines is 1. The van der Waals surface area contributed by atoms with Crippen molar-refractivity contribution in [3.63, 3.8) is 0 Å². The Balaban J connectivity index is 1.82. The fourth-order valence-corrected chi connectivity index (χ4v) is 2.37. The highest BCUT2D eigenvalue weighted by Gasteiger charge is 2.10. The van der Waals surface area contributed by atoms with Crippen LogP contribution >= 0.6 is 0 Å². The molecule has 1 aromatic heterocycles. The van der Waals surface area contributed by atoms with Crippen LogP contribution in [0.15, 0.2) is 54.6 Å². The molecule has 0 saturated heterocycles. The molecule has 0 amide bonds. The fourth-order valence-electron chi connectivity index (χ4n) is 2.37. The third-order valence-electron chi connectivity index (χ3n) is 3.48. The minimum absolute atomic E-state index is 0.226. The van der Waals surface area contributed by atoms with Crippen molar-refractivity contribution in [2.24, 2.45) is 0 Å². The van der Waals surface area contributed by atoms with E-state index in [2.05, 4.69) is 4.98 Å². The summed E-state index contributed by atoms with van der Waals surface area (Å²) >= 11 is 0. The van der Waals surface area contributed by atoms with Gasteiger partial charge in [-0.2, -0.15) is 0 Å². The van der Waals surface area contributed by atoms with Crippen LogP contribution in [0.4, 0.5) is 0 Å². The molecule has 0 unspecified atom stereocenters. The van der Waals surface area contributed by atoms with Crippen molar-refractivity contribution in [3.05, 3.63) is 65.9 Å². The summed E-state index contributed by atoms with van der Waals surface area (Å²) in [5.41, 5.74) is 2.88. The lowest BCUT2D eigenvalue weighted by molar-refractivity contribution is -0.139. The third kappa shape index (κ3) is 3.11. The van der Waals surface area contributed by atoms with Crippen molar-refractivity contribution < 1.29 is 14.3 Å². The summed E-state index contributed by atoms with van der Waals surface area (Å²) in [4.78, 5) is 14.6. The maximum absolute atomic E-state index is 11.4. The van der Waals surface area contributed by atoms with E-state index in [1.54, 1.807) is 0 Å². The molecule has 0 fully saturated rings. The Morgan fingerprint density at radius 3 is 2.68 bits per heavy atom. The Kier molecular flexibility index (Phi) is 4.10. The standard InChI is InChI=1S/C18H17NO3/c1-21-18(20)11-14-10-15-16(19-14)8-5-9-17(15)22-12-13-6-3-2-4-7-13/h2-10,19H,11-12H2,1H3. The average molecular weight is 295 g/mol. The Bertz CT molecular complexity index is 777. The minimum Gasteiger partial charge on any atom is -0.488 e. The van der Waals surface area contributed by atoms with Gasteiger partial charge in [0.2, 0.25) is 0 Å². The summed E-state index contributed by atoms with van der Waals surface area (Å²) in [6, 6.07) is 17.8. The molecule has 0 aliphatic rings. The zero-order chi connectivity index (χ0) is 15.4. The number of carbonyl (C=O) groups is 1. The summed E-state index contributed by atoms with van der Waals surface area (Å²) in [5, 5.41) is 0.970. The van der Waals surface area contributed by atoms with E-state index >= 15 is 0 Å². The first kappa shape index (κ1) is 14.2. The number of aromatic nitrogens is 1. The summed E-state index contributed by atoms with van der Waals surface area (Å²) < 4.78 is 10.6. The predicted octanol–water partition coefficient (Wildman–Crippen LogP) is 3.46. The highest BCUT2D eigenvalue weighted by atomic mass is 16.5. The second kappa shape index (κ2) is 6.35. The largest absolute Gasteiger partial charge is 0.488 e. The van der Waals surface area contributed by atoms with Crippen LogP contribution in [0.25, 0.3) is 10.9 Å². The normalized spacial score (nSPS) is 10.6. The summed E-state index contributed by atoms with van der Waals surface area (Å²) in [6.07, 6.45) is 0.226. The lowest BCUT2D eigenvalue weighted by Gasteiger charge is -2.07. The van der Waals surface area contributed by atoms with Crippen molar-refractivity contribution in [2.45, 2.75) is 13.0 Å². The van der Waals surface area contributed by atoms with E-state index in [0.717, 1.165) is 27.9 Å². The molecule has 1 heterocycles. The van der Waals surface area contributed by atoms with E-state index in [-0.39, 0.29) is 12.4 Å². The van der Waals surface area contributed by atoms with E-state index in [0.29, 0.717) is 6.61 Å². The number of H-pyrrole nitrogens is 1. The van der Waals surface area contributed by atoms with Gasteiger partial charge in [0.15, 0.2) is 0 Å². The van der Waals surface area contributed by atoms with Gasteiger partial charge < -0.3 is 14.5 Å². The van der Waals surface area contributed by atoms with Gasteiger partial charge in [-0.3, -0.25) is 4.79 Å². The number of ether oxygens (including phenoxy) is 2. The molecule has 0 saturated carbocycles. The maximum atomic E-state index is 11.4. The lowest BCUT2D eigenvalue weighted by Crippen LogP contribution is -2.04. The molecule has 112 valence electrons. The SMILES string of the molecule is COC(=O)Cc1cc2c(OCc3ccccc3)cccc2[nH]1. The number of benzene rings is 2. The average Bonchev–Trinajstić information content (AvgIpc) is 2.96. The molecule has 1 N–H and O–H groups in total. The van der Waals surface area contributed by atoms with E-state index < -0.39 is 0 Å². The first-order valence-electron chi connectivity index (χ1n) is 7.10. The smallest absolute Gasteiger partial charge is 0.311 e. The molecule has 4 nitrogen and oxygen atoms in total. The summed E-state index contributed by atoms with van der Waals surface area (Å²) in [7, 11) is 1.39. The molecule has 0 radical (unpaired) electrons.